The number of carbonyl (C=O) groups excluding carboxylic acids is 1. The smallest absolute Gasteiger partial charge is 0.169 e. The molecule has 0 N–H and O–H groups in total. The van der Waals surface area contributed by atoms with Gasteiger partial charge in [0.15, 0.2) is 5.78 Å². The molecule has 0 aromatic carbocycles. The summed E-state index contributed by atoms with van der Waals surface area (Å²) >= 11 is 2.13. The molecule has 2 aliphatic heterocycles. The van der Waals surface area contributed by atoms with Crippen molar-refractivity contribution in [3.8, 4) is 0 Å². The molecule has 0 aliphatic carbocycles. The summed E-state index contributed by atoms with van der Waals surface area (Å²) in [4.78, 5) is 12.7. The number of rotatable bonds is 2. The normalized spacial score (nSPS) is 30.2. The second-order valence-electron chi connectivity index (χ2n) is 7.19. The van der Waals surface area contributed by atoms with Gasteiger partial charge in [-0.15, -0.1) is 0 Å². The van der Waals surface area contributed by atoms with E-state index >= 15 is 0 Å². The van der Waals surface area contributed by atoms with Crippen LogP contribution >= 0.6 is 11.8 Å². The number of Topliss-reactive ketones (excluding diaryl/α,β-unsaturated/α-hetero) is 1. The van der Waals surface area contributed by atoms with Crippen LogP contribution in [0.1, 0.15) is 63.2 Å². The lowest BCUT2D eigenvalue weighted by molar-refractivity contribution is 0.0896. The Kier molecular flexibility index (Phi) is 3.69. The van der Waals surface area contributed by atoms with E-state index in [0.29, 0.717) is 16.3 Å². The lowest BCUT2D eigenvalue weighted by Gasteiger charge is -2.37. The van der Waals surface area contributed by atoms with Gasteiger partial charge in [0.2, 0.25) is 0 Å². The summed E-state index contributed by atoms with van der Waals surface area (Å²) in [6, 6.07) is 0. The molecule has 3 nitrogen and oxygen atoms in total. The standard InChI is InChI=1S/C16H24N2OS/c1-16(2,3)18-10-12(9-17-18)15(19)11-7-13-5-4-6-14(8-11)20-13/h9-11,13-14H,4-8H2,1-3H3. The van der Waals surface area contributed by atoms with E-state index in [1.54, 1.807) is 6.20 Å². The Morgan fingerprint density at radius 1 is 1.30 bits per heavy atom. The number of carbonyl (C=O) groups is 1. The Morgan fingerprint density at radius 3 is 2.50 bits per heavy atom. The molecule has 0 radical (unpaired) electrons. The topological polar surface area (TPSA) is 34.9 Å². The Morgan fingerprint density at radius 2 is 1.95 bits per heavy atom. The summed E-state index contributed by atoms with van der Waals surface area (Å²) in [5.74, 6) is 0.543. The Labute approximate surface area is 125 Å². The first-order valence-corrected chi connectivity index (χ1v) is 8.62. The molecular formula is C16H24N2OS. The summed E-state index contributed by atoms with van der Waals surface area (Å²) in [5, 5.41) is 5.80. The average Bonchev–Trinajstić information content (AvgIpc) is 2.86. The first-order valence-electron chi connectivity index (χ1n) is 7.68. The van der Waals surface area contributed by atoms with Crippen LogP contribution in [0.15, 0.2) is 12.4 Å². The van der Waals surface area contributed by atoms with Gasteiger partial charge >= 0.3 is 0 Å². The maximum absolute atomic E-state index is 12.7. The first kappa shape index (κ1) is 14.2. The average molecular weight is 292 g/mol. The van der Waals surface area contributed by atoms with Crippen LogP contribution in [0, 0.1) is 5.92 Å². The van der Waals surface area contributed by atoms with Crippen molar-refractivity contribution in [3.63, 3.8) is 0 Å². The number of hydrogen-bond acceptors (Lipinski definition) is 3. The third kappa shape index (κ3) is 2.80. The van der Waals surface area contributed by atoms with Crippen molar-refractivity contribution in [2.24, 2.45) is 5.92 Å². The maximum Gasteiger partial charge on any atom is 0.169 e. The lowest BCUT2D eigenvalue weighted by atomic mass is 9.85. The van der Waals surface area contributed by atoms with Crippen LogP contribution in [0.2, 0.25) is 0 Å². The Balaban J connectivity index is 1.74. The number of ketones is 1. The summed E-state index contributed by atoms with van der Waals surface area (Å²) < 4.78 is 1.90. The van der Waals surface area contributed by atoms with Gasteiger partial charge in [0.25, 0.3) is 0 Å². The van der Waals surface area contributed by atoms with E-state index in [4.69, 9.17) is 0 Å². The molecule has 1 aromatic heterocycles. The number of thioether (sulfide) groups is 1. The highest BCUT2D eigenvalue weighted by Gasteiger charge is 2.36. The summed E-state index contributed by atoms with van der Waals surface area (Å²) in [6.45, 7) is 6.32. The molecule has 2 aliphatic rings. The van der Waals surface area contributed by atoms with Gasteiger partial charge in [-0.1, -0.05) is 6.42 Å². The summed E-state index contributed by atoms with van der Waals surface area (Å²) in [6.07, 6.45) is 9.77. The zero-order chi connectivity index (χ0) is 14.3. The number of fused-ring (bicyclic) bond motifs is 2. The van der Waals surface area contributed by atoms with Gasteiger partial charge in [0.05, 0.1) is 17.3 Å². The number of hydrogen-bond donors (Lipinski definition) is 0. The quantitative estimate of drug-likeness (QED) is 0.776. The van der Waals surface area contributed by atoms with Crippen molar-refractivity contribution in [1.29, 1.82) is 0 Å². The second-order valence-corrected chi connectivity index (χ2v) is 8.79. The fraction of sp³-hybridized carbons (Fsp3) is 0.750. The van der Waals surface area contributed by atoms with E-state index in [2.05, 4.69) is 37.6 Å². The van der Waals surface area contributed by atoms with Crippen molar-refractivity contribution in [2.75, 3.05) is 0 Å². The monoisotopic (exact) mass is 292 g/mol. The van der Waals surface area contributed by atoms with Gasteiger partial charge in [-0.3, -0.25) is 9.48 Å². The third-order valence-corrected chi connectivity index (χ3v) is 6.08. The third-order valence-electron chi connectivity index (χ3n) is 4.46. The zero-order valence-corrected chi connectivity index (χ0v) is 13.4. The van der Waals surface area contributed by atoms with Crippen LogP contribution in [0.25, 0.3) is 0 Å². The minimum absolute atomic E-state index is 0.0581. The predicted octanol–water partition coefficient (Wildman–Crippen LogP) is 3.89. The highest BCUT2D eigenvalue weighted by atomic mass is 32.2. The minimum atomic E-state index is -0.0581. The molecule has 0 spiro atoms. The SMILES string of the molecule is CC(C)(C)n1cc(C(=O)C2CC3CCCC(C2)S3)cn1. The summed E-state index contributed by atoms with van der Waals surface area (Å²) in [7, 11) is 0. The van der Waals surface area contributed by atoms with E-state index in [9.17, 15) is 4.79 Å². The highest BCUT2D eigenvalue weighted by molar-refractivity contribution is 8.00. The largest absolute Gasteiger partial charge is 0.294 e. The van der Waals surface area contributed by atoms with Crippen LogP contribution in [-0.4, -0.2) is 26.1 Å². The zero-order valence-electron chi connectivity index (χ0n) is 12.6. The molecule has 3 rings (SSSR count). The van der Waals surface area contributed by atoms with E-state index < -0.39 is 0 Å². The minimum Gasteiger partial charge on any atom is -0.294 e. The van der Waals surface area contributed by atoms with E-state index in [0.717, 1.165) is 18.4 Å². The van der Waals surface area contributed by atoms with Crippen molar-refractivity contribution >= 4 is 17.5 Å². The van der Waals surface area contributed by atoms with E-state index in [1.165, 1.54) is 19.3 Å². The molecule has 2 saturated heterocycles. The van der Waals surface area contributed by atoms with Gasteiger partial charge in [-0.05, 0) is 46.5 Å². The Bertz CT molecular complexity index is 491. The molecule has 2 fully saturated rings. The molecule has 0 amide bonds. The molecule has 2 atom stereocenters. The van der Waals surface area contributed by atoms with Gasteiger partial charge in [0, 0.05) is 22.6 Å². The molecule has 0 saturated carbocycles. The van der Waals surface area contributed by atoms with Crippen LogP contribution < -0.4 is 0 Å². The second kappa shape index (κ2) is 5.21. The first-order chi connectivity index (χ1) is 9.43. The molecule has 20 heavy (non-hydrogen) atoms. The van der Waals surface area contributed by atoms with Crippen molar-refractivity contribution in [1.82, 2.24) is 9.78 Å². The van der Waals surface area contributed by atoms with Gasteiger partial charge in [0.1, 0.15) is 0 Å². The molecule has 1 aromatic rings. The fourth-order valence-corrected chi connectivity index (χ4v) is 5.16. The molecule has 3 heterocycles. The fourth-order valence-electron chi connectivity index (χ4n) is 3.33. The van der Waals surface area contributed by atoms with Crippen LogP contribution in [0.4, 0.5) is 0 Å². The molecule has 2 bridgehead atoms. The van der Waals surface area contributed by atoms with Crippen molar-refractivity contribution < 1.29 is 4.79 Å². The highest BCUT2D eigenvalue weighted by Crippen LogP contribution is 2.44. The molecule has 2 unspecified atom stereocenters. The molecule has 4 heteroatoms. The number of aromatic nitrogens is 2. The van der Waals surface area contributed by atoms with Gasteiger partial charge < -0.3 is 0 Å². The predicted molar refractivity (Wildman–Crippen MR) is 83.3 cm³/mol. The number of nitrogens with zero attached hydrogens (tertiary/aromatic N) is 2. The van der Waals surface area contributed by atoms with Crippen molar-refractivity contribution in [3.05, 3.63) is 18.0 Å². The van der Waals surface area contributed by atoms with Gasteiger partial charge in [-0.25, -0.2) is 0 Å². The van der Waals surface area contributed by atoms with Crippen molar-refractivity contribution in [2.45, 2.75) is 68.9 Å². The van der Waals surface area contributed by atoms with Crippen LogP contribution in [0.5, 0.6) is 0 Å². The molecular weight excluding hydrogens is 268 g/mol. The Hall–Kier alpha value is -0.770. The van der Waals surface area contributed by atoms with Crippen LogP contribution in [0.3, 0.4) is 0 Å². The van der Waals surface area contributed by atoms with Gasteiger partial charge in [-0.2, -0.15) is 16.9 Å². The van der Waals surface area contributed by atoms with Crippen LogP contribution in [-0.2, 0) is 5.54 Å². The lowest BCUT2D eigenvalue weighted by Crippen LogP contribution is -2.32. The maximum atomic E-state index is 12.7. The van der Waals surface area contributed by atoms with E-state index in [-0.39, 0.29) is 11.5 Å². The summed E-state index contributed by atoms with van der Waals surface area (Å²) in [5.41, 5.74) is 0.743. The molecule has 110 valence electrons. The van der Waals surface area contributed by atoms with E-state index in [1.807, 2.05) is 10.9 Å².